The van der Waals surface area contributed by atoms with E-state index in [-0.39, 0.29) is 23.7 Å². The van der Waals surface area contributed by atoms with E-state index in [0.29, 0.717) is 26.4 Å². The zero-order chi connectivity index (χ0) is 20.7. The smallest absolute Gasteiger partial charge is 0.189 e. The molecule has 3 aromatic rings. The Balaban J connectivity index is 1.23. The molecule has 4 nitrogen and oxygen atoms in total. The summed E-state index contributed by atoms with van der Waals surface area (Å²) in [4.78, 5) is 0. The van der Waals surface area contributed by atoms with Crippen molar-refractivity contribution in [2.75, 3.05) is 26.4 Å². The third-order valence-electron chi connectivity index (χ3n) is 8.74. The lowest BCUT2D eigenvalue weighted by Crippen LogP contribution is -2.34. The van der Waals surface area contributed by atoms with Crippen LogP contribution in [0.25, 0.3) is 21.5 Å². The maximum absolute atomic E-state index is 6.19. The lowest BCUT2D eigenvalue weighted by molar-refractivity contribution is -0.161. The second-order valence-corrected chi connectivity index (χ2v) is 10.0. The van der Waals surface area contributed by atoms with Crippen molar-refractivity contribution in [3.8, 4) is 0 Å². The molecule has 4 heteroatoms. The first kappa shape index (κ1) is 17.0. The van der Waals surface area contributed by atoms with Crippen molar-refractivity contribution in [2.45, 2.75) is 35.2 Å². The maximum atomic E-state index is 6.19. The number of benzene rings is 3. The van der Waals surface area contributed by atoms with Crippen molar-refractivity contribution in [2.24, 2.45) is 0 Å². The summed E-state index contributed by atoms with van der Waals surface area (Å²) in [6, 6.07) is 14.2. The maximum Gasteiger partial charge on any atom is 0.189 e. The average molecular weight is 422 g/mol. The Bertz CT molecular complexity index is 1220. The van der Waals surface area contributed by atoms with E-state index >= 15 is 0 Å². The average Bonchev–Trinajstić information content (AvgIpc) is 3.65. The quantitative estimate of drug-likeness (QED) is 0.378. The van der Waals surface area contributed by atoms with Crippen LogP contribution in [0.15, 0.2) is 60.7 Å². The summed E-state index contributed by atoms with van der Waals surface area (Å²) in [7, 11) is 0. The molecule has 4 bridgehead atoms. The van der Waals surface area contributed by atoms with Crippen LogP contribution in [0.4, 0.5) is 0 Å². The van der Waals surface area contributed by atoms with E-state index in [2.05, 4.69) is 60.7 Å². The van der Waals surface area contributed by atoms with Gasteiger partial charge in [0.15, 0.2) is 11.6 Å². The molecule has 6 aliphatic rings. The third-order valence-corrected chi connectivity index (χ3v) is 8.74. The Kier molecular flexibility index (Phi) is 2.85. The Morgan fingerprint density at radius 3 is 1.00 bits per heavy atom. The molecule has 2 saturated heterocycles. The first-order valence-electron chi connectivity index (χ1n) is 11.7. The molecule has 0 radical (unpaired) electrons. The number of hydrogen-bond donors (Lipinski definition) is 0. The lowest BCUT2D eigenvalue weighted by atomic mass is 9.89. The number of fused-ring (bicyclic) bond motifs is 8. The highest BCUT2D eigenvalue weighted by molar-refractivity contribution is 6.00. The number of ether oxygens (including phenoxy) is 4. The summed E-state index contributed by atoms with van der Waals surface area (Å²) in [5, 5.41) is 5.14. The van der Waals surface area contributed by atoms with Gasteiger partial charge in [0.05, 0.1) is 50.1 Å². The SMILES string of the molecule is C1=C[C@@H]2c3cc4cc5cc6c(cc5cc4cc3[C@@H]1C21OCCO1)[C@H]1C=C[C@@H]6C12OCCO2. The highest BCUT2D eigenvalue weighted by atomic mass is 16.7. The van der Waals surface area contributed by atoms with Crippen molar-refractivity contribution >= 4 is 21.5 Å². The van der Waals surface area contributed by atoms with E-state index in [1.54, 1.807) is 0 Å². The topological polar surface area (TPSA) is 36.9 Å². The zero-order valence-corrected chi connectivity index (χ0v) is 17.5. The van der Waals surface area contributed by atoms with Gasteiger partial charge in [-0.1, -0.05) is 48.6 Å². The van der Waals surface area contributed by atoms with Gasteiger partial charge < -0.3 is 18.9 Å². The van der Waals surface area contributed by atoms with Gasteiger partial charge in [-0.2, -0.15) is 0 Å². The Labute approximate surface area is 185 Å². The van der Waals surface area contributed by atoms with Gasteiger partial charge in [0.2, 0.25) is 0 Å². The fourth-order valence-electron chi connectivity index (χ4n) is 7.50. The minimum absolute atomic E-state index is 0.197. The van der Waals surface area contributed by atoms with Crippen molar-refractivity contribution in [1.29, 1.82) is 0 Å². The van der Waals surface area contributed by atoms with E-state index in [9.17, 15) is 0 Å². The highest BCUT2D eigenvalue weighted by Gasteiger charge is 2.60. The predicted molar refractivity (Wildman–Crippen MR) is 120 cm³/mol. The molecule has 4 aliphatic carbocycles. The van der Waals surface area contributed by atoms with E-state index in [4.69, 9.17) is 18.9 Å². The van der Waals surface area contributed by atoms with Crippen LogP contribution < -0.4 is 0 Å². The van der Waals surface area contributed by atoms with Gasteiger partial charge in [0.25, 0.3) is 0 Å². The second kappa shape index (κ2) is 5.35. The van der Waals surface area contributed by atoms with Crippen LogP contribution in [-0.2, 0) is 18.9 Å². The van der Waals surface area contributed by atoms with Crippen LogP contribution in [0.3, 0.4) is 0 Å². The Morgan fingerprint density at radius 2 is 0.719 bits per heavy atom. The van der Waals surface area contributed by atoms with Gasteiger partial charge in [-0.3, -0.25) is 0 Å². The van der Waals surface area contributed by atoms with Crippen molar-refractivity contribution in [3.05, 3.63) is 83.0 Å². The normalized spacial score (nSPS) is 33.5. The van der Waals surface area contributed by atoms with E-state index in [1.807, 2.05) is 0 Å². The standard InChI is InChI=1S/C28H22O4/c1-2-24-20-12-16-10-18-14-22-21(25-3-4-26(22)28(25)31-7-8-32-28)13-17(18)9-15(16)11-19(20)23(1)27(24)29-5-6-30-27/h1-4,9-14,23-26H,5-8H2/t23-,24-,25-,26+/m1/s1. The largest absolute Gasteiger partial charge is 0.346 e. The summed E-state index contributed by atoms with van der Waals surface area (Å²) in [6.07, 6.45) is 9.12. The zero-order valence-electron chi connectivity index (χ0n) is 17.5. The first-order chi connectivity index (χ1) is 15.8. The molecule has 4 atom stereocenters. The molecule has 2 fully saturated rings. The minimum atomic E-state index is -0.499. The molecule has 0 aromatic heterocycles. The van der Waals surface area contributed by atoms with Gasteiger partial charge in [-0.25, -0.2) is 0 Å². The van der Waals surface area contributed by atoms with Crippen LogP contribution in [0.1, 0.15) is 45.9 Å². The molecular weight excluding hydrogens is 400 g/mol. The minimum Gasteiger partial charge on any atom is -0.346 e. The van der Waals surface area contributed by atoms with Crippen LogP contribution in [0.5, 0.6) is 0 Å². The monoisotopic (exact) mass is 422 g/mol. The number of hydrogen-bond acceptors (Lipinski definition) is 4. The summed E-state index contributed by atoms with van der Waals surface area (Å²) < 4.78 is 24.8. The molecular formula is C28H22O4. The highest BCUT2D eigenvalue weighted by Crippen LogP contribution is 2.61. The van der Waals surface area contributed by atoms with Crippen molar-refractivity contribution in [1.82, 2.24) is 0 Å². The molecule has 158 valence electrons. The molecule has 2 spiro atoms. The van der Waals surface area contributed by atoms with Crippen molar-refractivity contribution < 1.29 is 18.9 Å². The summed E-state index contributed by atoms with van der Waals surface area (Å²) >= 11 is 0. The van der Waals surface area contributed by atoms with Gasteiger partial charge >= 0.3 is 0 Å². The molecule has 32 heavy (non-hydrogen) atoms. The summed E-state index contributed by atoms with van der Waals surface area (Å²) in [5.74, 6) is -0.211. The van der Waals surface area contributed by atoms with Crippen LogP contribution in [0.2, 0.25) is 0 Å². The van der Waals surface area contributed by atoms with Crippen molar-refractivity contribution in [3.63, 3.8) is 0 Å². The van der Waals surface area contributed by atoms with Gasteiger partial charge in [0.1, 0.15) is 0 Å². The van der Waals surface area contributed by atoms with Crippen LogP contribution in [-0.4, -0.2) is 38.0 Å². The second-order valence-electron chi connectivity index (χ2n) is 10.0. The third kappa shape index (κ3) is 1.74. The molecule has 0 amide bonds. The number of rotatable bonds is 0. The first-order valence-corrected chi connectivity index (χ1v) is 11.7. The van der Waals surface area contributed by atoms with E-state index < -0.39 is 11.6 Å². The summed E-state index contributed by atoms with van der Waals surface area (Å²) in [5.41, 5.74) is 5.45. The van der Waals surface area contributed by atoms with Gasteiger partial charge in [-0.15, -0.1) is 0 Å². The molecule has 0 unspecified atom stereocenters. The molecule has 2 aliphatic heterocycles. The van der Waals surface area contributed by atoms with Crippen LogP contribution in [0, 0.1) is 0 Å². The Morgan fingerprint density at radius 1 is 0.438 bits per heavy atom. The predicted octanol–water partition coefficient (Wildman–Crippen LogP) is 4.98. The van der Waals surface area contributed by atoms with E-state index in [0.717, 1.165) is 0 Å². The lowest BCUT2D eigenvalue weighted by Gasteiger charge is -2.27. The van der Waals surface area contributed by atoms with Gasteiger partial charge in [0, 0.05) is 0 Å². The Hall–Kier alpha value is -2.50. The molecule has 0 N–H and O–H groups in total. The summed E-state index contributed by atoms with van der Waals surface area (Å²) in [6.45, 7) is 2.73. The molecule has 0 saturated carbocycles. The fraction of sp³-hybridized carbons (Fsp3) is 0.357. The van der Waals surface area contributed by atoms with E-state index in [1.165, 1.54) is 43.8 Å². The molecule has 2 heterocycles. The van der Waals surface area contributed by atoms with Crippen LogP contribution >= 0.6 is 0 Å². The fourth-order valence-corrected chi connectivity index (χ4v) is 7.50. The van der Waals surface area contributed by atoms with Gasteiger partial charge in [-0.05, 0) is 55.9 Å². The molecule has 9 rings (SSSR count). The molecule has 3 aromatic carbocycles.